The molecule has 26 heavy (non-hydrogen) atoms. The quantitative estimate of drug-likeness (QED) is 0.833. The predicted molar refractivity (Wildman–Crippen MR) is 97.7 cm³/mol. The van der Waals surface area contributed by atoms with Crippen LogP contribution in [0.2, 0.25) is 0 Å². The Morgan fingerprint density at radius 3 is 2.23 bits per heavy atom. The van der Waals surface area contributed by atoms with Crippen LogP contribution in [0, 0.1) is 0 Å². The number of piperazine rings is 1. The largest absolute Gasteiger partial charge is 0.489 e. The Kier molecular flexibility index (Phi) is 7.32. The van der Waals surface area contributed by atoms with Crippen LogP contribution in [0.5, 0.6) is 5.75 Å². The van der Waals surface area contributed by atoms with E-state index in [1.807, 2.05) is 30.3 Å². The van der Waals surface area contributed by atoms with Gasteiger partial charge >= 0.3 is 6.18 Å². The van der Waals surface area contributed by atoms with Crippen LogP contribution in [-0.4, -0.2) is 37.3 Å². The predicted octanol–water partition coefficient (Wildman–Crippen LogP) is 4.20. The monoisotopic (exact) mass is 386 g/mol. The van der Waals surface area contributed by atoms with E-state index in [0.29, 0.717) is 26.2 Å². The third kappa shape index (κ3) is 5.13. The molecule has 1 N–H and O–H groups in total. The Morgan fingerprint density at radius 2 is 1.58 bits per heavy atom. The molecule has 0 aliphatic carbocycles. The first-order chi connectivity index (χ1) is 12.1. The average molecular weight is 387 g/mol. The topological polar surface area (TPSA) is 24.5 Å². The van der Waals surface area contributed by atoms with Crippen LogP contribution in [0.3, 0.4) is 0 Å². The maximum Gasteiger partial charge on any atom is 0.408 e. The summed E-state index contributed by atoms with van der Waals surface area (Å²) in [6, 6.07) is 14.2. The van der Waals surface area contributed by atoms with Crippen molar-refractivity contribution in [3.63, 3.8) is 0 Å². The number of ether oxygens (including phenoxy) is 1. The van der Waals surface area contributed by atoms with Gasteiger partial charge in [-0.05, 0) is 11.6 Å². The van der Waals surface area contributed by atoms with E-state index >= 15 is 0 Å². The second-order valence-corrected chi connectivity index (χ2v) is 6.04. The molecule has 0 spiro atoms. The van der Waals surface area contributed by atoms with E-state index in [1.54, 1.807) is 18.2 Å². The van der Waals surface area contributed by atoms with Crippen LogP contribution >= 0.6 is 12.4 Å². The molecule has 0 radical (unpaired) electrons. The van der Waals surface area contributed by atoms with Crippen LogP contribution in [-0.2, 0) is 6.61 Å². The molecular weight excluding hydrogens is 365 g/mol. The highest BCUT2D eigenvalue weighted by Gasteiger charge is 2.46. The van der Waals surface area contributed by atoms with Gasteiger partial charge < -0.3 is 10.1 Å². The molecule has 2 aromatic carbocycles. The fourth-order valence-corrected chi connectivity index (χ4v) is 3.09. The van der Waals surface area contributed by atoms with E-state index in [9.17, 15) is 13.2 Å². The summed E-state index contributed by atoms with van der Waals surface area (Å²) in [6.45, 7) is 2.07. The van der Waals surface area contributed by atoms with Gasteiger partial charge in [-0.3, -0.25) is 4.90 Å². The van der Waals surface area contributed by atoms with Gasteiger partial charge in [0.05, 0.1) is 0 Å². The number of nitrogens with one attached hydrogen (secondary N) is 1. The van der Waals surface area contributed by atoms with E-state index in [2.05, 4.69) is 5.32 Å². The van der Waals surface area contributed by atoms with Crippen molar-refractivity contribution in [3.05, 3.63) is 65.7 Å². The summed E-state index contributed by atoms with van der Waals surface area (Å²) in [7, 11) is 0. The van der Waals surface area contributed by atoms with Gasteiger partial charge in [0.15, 0.2) is 0 Å². The summed E-state index contributed by atoms with van der Waals surface area (Å²) in [5.41, 5.74) is 1.09. The molecule has 0 unspecified atom stereocenters. The van der Waals surface area contributed by atoms with Gasteiger partial charge in [0.1, 0.15) is 18.4 Å². The first-order valence-corrected chi connectivity index (χ1v) is 8.33. The van der Waals surface area contributed by atoms with Gasteiger partial charge in [-0.2, -0.15) is 13.2 Å². The highest BCUT2D eigenvalue weighted by Crippen LogP contribution is 2.41. The zero-order valence-electron chi connectivity index (χ0n) is 14.2. The summed E-state index contributed by atoms with van der Waals surface area (Å²) in [5, 5.41) is 3.09. The minimum Gasteiger partial charge on any atom is -0.489 e. The van der Waals surface area contributed by atoms with Crippen LogP contribution in [0.4, 0.5) is 13.2 Å². The molecule has 1 heterocycles. The lowest BCUT2D eigenvalue weighted by atomic mass is 10.0. The van der Waals surface area contributed by atoms with Gasteiger partial charge in [0.2, 0.25) is 0 Å². The lowest BCUT2D eigenvalue weighted by Gasteiger charge is -2.36. The number of rotatable bonds is 5. The Bertz CT molecular complexity index is 676. The fourth-order valence-electron chi connectivity index (χ4n) is 3.09. The number of halogens is 4. The van der Waals surface area contributed by atoms with Gasteiger partial charge in [0, 0.05) is 31.7 Å². The molecule has 142 valence electrons. The minimum absolute atomic E-state index is 0. The van der Waals surface area contributed by atoms with Gasteiger partial charge in [-0.15, -0.1) is 12.4 Å². The van der Waals surface area contributed by atoms with Gasteiger partial charge in [-0.25, -0.2) is 0 Å². The number of nitrogens with zero attached hydrogens (tertiary/aromatic N) is 1. The Balaban J connectivity index is 0.00000243. The normalized spacial score (nSPS) is 16.6. The third-order valence-corrected chi connectivity index (χ3v) is 4.28. The second-order valence-electron chi connectivity index (χ2n) is 6.04. The molecule has 0 bridgehead atoms. The summed E-state index contributed by atoms with van der Waals surface area (Å²) in [5.74, 6) is 0.284. The summed E-state index contributed by atoms with van der Waals surface area (Å²) in [4.78, 5) is 1.47. The van der Waals surface area contributed by atoms with Crippen molar-refractivity contribution < 1.29 is 17.9 Å². The summed E-state index contributed by atoms with van der Waals surface area (Å²) >= 11 is 0. The molecule has 1 fully saturated rings. The molecular formula is C19H22ClF3N2O. The lowest BCUT2D eigenvalue weighted by molar-refractivity contribution is -0.188. The van der Waals surface area contributed by atoms with E-state index in [0.717, 1.165) is 5.56 Å². The maximum atomic E-state index is 13.8. The standard InChI is InChI=1S/C19H21F3N2O.ClH/c20-19(21,22)18(24-12-10-23-11-13-24)16-8-4-5-9-17(16)25-14-15-6-2-1-3-7-15;/h1-9,18,23H,10-14H2;1H/t18-;/m0./s1. The molecule has 1 atom stereocenters. The van der Waals surface area contributed by atoms with E-state index in [1.165, 1.54) is 11.0 Å². The third-order valence-electron chi connectivity index (χ3n) is 4.28. The Hall–Kier alpha value is -1.76. The van der Waals surface area contributed by atoms with Gasteiger partial charge in [0.25, 0.3) is 0 Å². The SMILES string of the molecule is Cl.FC(F)(F)[C@H](c1ccccc1OCc1ccccc1)N1CCNCC1. The molecule has 3 rings (SSSR count). The molecule has 0 aromatic heterocycles. The fraction of sp³-hybridized carbons (Fsp3) is 0.368. The molecule has 0 amide bonds. The molecule has 1 aliphatic heterocycles. The molecule has 2 aromatic rings. The summed E-state index contributed by atoms with van der Waals surface area (Å²) < 4.78 is 47.2. The highest BCUT2D eigenvalue weighted by atomic mass is 35.5. The number of para-hydroxylation sites is 1. The van der Waals surface area contributed by atoms with Crippen molar-refractivity contribution >= 4 is 12.4 Å². The van der Waals surface area contributed by atoms with Crippen LogP contribution in [0.15, 0.2) is 54.6 Å². The van der Waals surface area contributed by atoms with Crippen molar-refractivity contribution in [2.75, 3.05) is 26.2 Å². The number of hydrogen-bond acceptors (Lipinski definition) is 3. The van der Waals surface area contributed by atoms with E-state index in [-0.39, 0.29) is 30.3 Å². The smallest absolute Gasteiger partial charge is 0.408 e. The number of benzene rings is 2. The van der Waals surface area contributed by atoms with Crippen molar-refractivity contribution in [1.82, 2.24) is 10.2 Å². The van der Waals surface area contributed by atoms with Crippen molar-refractivity contribution in [2.45, 2.75) is 18.8 Å². The second kappa shape index (κ2) is 9.26. The first kappa shape index (κ1) is 20.6. The zero-order valence-corrected chi connectivity index (χ0v) is 15.0. The molecule has 3 nitrogen and oxygen atoms in total. The Labute approximate surface area is 157 Å². The minimum atomic E-state index is -4.36. The maximum absolute atomic E-state index is 13.8. The summed E-state index contributed by atoms with van der Waals surface area (Å²) in [6.07, 6.45) is -4.36. The van der Waals surface area contributed by atoms with E-state index in [4.69, 9.17) is 4.74 Å². The van der Waals surface area contributed by atoms with Gasteiger partial charge in [-0.1, -0.05) is 48.5 Å². The van der Waals surface area contributed by atoms with Crippen LogP contribution in [0.25, 0.3) is 0 Å². The highest BCUT2D eigenvalue weighted by molar-refractivity contribution is 5.85. The first-order valence-electron chi connectivity index (χ1n) is 8.33. The molecule has 0 saturated carbocycles. The Morgan fingerprint density at radius 1 is 0.962 bits per heavy atom. The lowest BCUT2D eigenvalue weighted by Crippen LogP contribution is -2.49. The number of alkyl halides is 3. The zero-order chi connectivity index (χ0) is 17.7. The average Bonchev–Trinajstić information content (AvgIpc) is 2.62. The van der Waals surface area contributed by atoms with Crippen LogP contribution < -0.4 is 10.1 Å². The number of hydrogen-bond donors (Lipinski definition) is 1. The van der Waals surface area contributed by atoms with Crippen molar-refractivity contribution in [3.8, 4) is 5.75 Å². The molecule has 7 heteroatoms. The van der Waals surface area contributed by atoms with Crippen molar-refractivity contribution in [2.24, 2.45) is 0 Å². The van der Waals surface area contributed by atoms with Crippen LogP contribution in [0.1, 0.15) is 17.2 Å². The molecule has 1 saturated heterocycles. The van der Waals surface area contributed by atoms with Crippen molar-refractivity contribution in [1.29, 1.82) is 0 Å². The molecule has 1 aliphatic rings. The van der Waals surface area contributed by atoms with E-state index < -0.39 is 12.2 Å².